The second kappa shape index (κ2) is 9.65. The first-order valence-electron chi connectivity index (χ1n) is 8.43. The normalized spacial score (nSPS) is 10.7. The third-order valence-corrected chi connectivity index (χ3v) is 4.59. The molecule has 0 bridgehead atoms. The van der Waals surface area contributed by atoms with E-state index in [1.54, 1.807) is 36.1 Å². The maximum absolute atomic E-state index is 12.3. The molecule has 27 heavy (non-hydrogen) atoms. The summed E-state index contributed by atoms with van der Waals surface area (Å²) in [6, 6.07) is 10.8. The van der Waals surface area contributed by atoms with Crippen molar-refractivity contribution in [3.8, 4) is 0 Å². The number of rotatable bonds is 8. The lowest BCUT2D eigenvalue weighted by Gasteiger charge is -2.20. The fourth-order valence-corrected chi connectivity index (χ4v) is 3.18. The maximum atomic E-state index is 12.3. The molecule has 0 fully saturated rings. The molecule has 3 rings (SSSR count). The number of nitrogens with one attached hydrogen (secondary N) is 2. The number of imide groups is 1. The Morgan fingerprint density at radius 2 is 2.07 bits per heavy atom. The molecule has 3 amide bonds. The van der Waals surface area contributed by atoms with Crippen LogP contribution in [0.25, 0.3) is 0 Å². The molecular weight excluding hydrogens is 364 g/mol. The third kappa shape index (κ3) is 6.36. The smallest absolute Gasteiger partial charge is 0.321 e. The Labute approximate surface area is 161 Å². The van der Waals surface area contributed by atoms with Crippen molar-refractivity contribution in [2.45, 2.75) is 19.6 Å². The van der Waals surface area contributed by atoms with Gasteiger partial charge in [-0.15, -0.1) is 11.3 Å². The predicted octanol–water partition coefficient (Wildman–Crippen LogP) is 2.76. The Morgan fingerprint density at radius 1 is 1.15 bits per heavy atom. The Hall–Kier alpha value is -2.97. The van der Waals surface area contributed by atoms with Gasteiger partial charge in [0.05, 0.1) is 25.9 Å². The molecular formula is C19H20N4O3S. The molecule has 0 atom stereocenters. The lowest BCUT2D eigenvalue weighted by molar-refractivity contribution is -0.121. The number of hydrogen-bond donors (Lipinski definition) is 2. The molecule has 0 saturated heterocycles. The van der Waals surface area contributed by atoms with Gasteiger partial charge in [0, 0.05) is 23.8 Å². The van der Waals surface area contributed by atoms with E-state index in [0.717, 1.165) is 16.2 Å². The monoisotopic (exact) mass is 384 g/mol. The van der Waals surface area contributed by atoms with Crippen LogP contribution in [-0.2, 0) is 24.4 Å². The number of nitrogens with zero attached hydrogens (tertiary/aromatic N) is 2. The van der Waals surface area contributed by atoms with Gasteiger partial charge in [-0.05, 0) is 35.2 Å². The van der Waals surface area contributed by atoms with Gasteiger partial charge in [0.2, 0.25) is 5.91 Å². The van der Waals surface area contributed by atoms with Crippen LogP contribution in [0.5, 0.6) is 0 Å². The number of amides is 3. The van der Waals surface area contributed by atoms with Crippen LogP contribution in [0.2, 0.25) is 0 Å². The van der Waals surface area contributed by atoms with Crippen LogP contribution >= 0.6 is 11.3 Å². The summed E-state index contributed by atoms with van der Waals surface area (Å²) in [4.78, 5) is 31.2. The second-order valence-electron chi connectivity index (χ2n) is 5.90. The molecule has 0 aliphatic heterocycles. The summed E-state index contributed by atoms with van der Waals surface area (Å²) in [7, 11) is 0. The third-order valence-electron chi connectivity index (χ3n) is 3.71. The van der Waals surface area contributed by atoms with E-state index in [1.165, 1.54) is 0 Å². The Bertz CT molecular complexity index is 835. The summed E-state index contributed by atoms with van der Waals surface area (Å²) in [6.07, 6.45) is 5.04. The van der Waals surface area contributed by atoms with E-state index in [9.17, 15) is 9.59 Å². The lowest BCUT2D eigenvalue weighted by atomic mass is 10.2. The van der Waals surface area contributed by atoms with Crippen LogP contribution in [0, 0.1) is 0 Å². The van der Waals surface area contributed by atoms with Gasteiger partial charge < -0.3 is 9.73 Å². The molecule has 0 spiro atoms. The molecule has 3 heterocycles. The summed E-state index contributed by atoms with van der Waals surface area (Å²) in [5, 5.41) is 6.98. The van der Waals surface area contributed by atoms with E-state index < -0.39 is 6.03 Å². The number of hydrogen-bond acceptors (Lipinski definition) is 6. The highest BCUT2D eigenvalue weighted by molar-refractivity contribution is 7.09. The van der Waals surface area contributed by atoms with Crippen molar-refractivity contribution < 1.29 is 14.0 Å². The molecule has 0 radical (unpaired) electrons. The molecule has 140 valence electrons. The molecule has 0 aromatic carbocycles. The highest BCUT2D eigenvalue weighted by Gasteiger charge is 2.15. The Balaban J connectivity index is 1.53. The van der Waals surface area contributed by atoms with Gasteiger partial charge in [0.15, 0.2) is 0 Å². The van der Waals surface area contributed by atoms with E-state index in [0.29, 0.717) is 19.6 Å². The zero-order valence-corrected chi connectivity index (χ0v) is 15.4. The van der Waals surface area contributed by atoms with Gasteiger partial charge in [0.1, 0.15) is 5.76 Å². The second-order valence-corrected chi connectivity index (χ2v) is 6.93. The van der Waals surface area contributed by atoms with Crippen LogP contribution in [0.15, 0.2) is 64.9 Å². The van der Waals surface area contributed by atoms with Crippen molar-refractivity contribution in [2.24, 2.45) is 0 Å². The van der Waals surface area contributed by atoms with Crippen LogP contribution in [-0.4, -0.2) is 28.4 Å². The van der Waals surface area contributed by atoms with Gasteiger partial charge in [-0.2, -0.15) is 0 Å². The van der Waals surface area contributed by atoms with Crippen LogP contribution in [0.3, 0.4) is 0 Å². The van der Waals surface area contributed by atoms with Crippen molar-refractivity contribution in [1.82, 2.24) is 20.5 Å². The average molecular weight is 384 g/mol. The average Bonchev–Trinajstić information content (AvgIpc) is 3.34. The summed E-state index contributed by atoms with van der Waals surface area (Å²) in [5.74, 6) is 0.364. The highest BCUT2D eigenvalue weighted by Crippen LogP contribution is 2.10. The SMILES string of the molecule is O=C(CN(Cc1cccnc1)Cc1ccco1)NC(=O)NCc1cccs1. The first-order valence-corrected chi connectivity index (χ1v) is 9.31. The topological polar surface area (TPSA) is 87.5 Å². The lowest BCUT2D eigenvalue weighted by Crippen LogP contribution is -2.44. The van der Waals surface area contributed by atoms with Crippen molar-refractivity contribution in [1.29, 1.82) is 0 Å². The van der Waals surface area contributed by atoms with E-state index in [1.807, 2.05) is 40.6 Å². The van der Waals surface area contributed by atoms with Crippen molar-refractivity contribution >= 4 is 23.3 Å². The molecule has 8 heteroatoms. The van der Waals surface area contributed by atoms with Crippen molar-refractivity contribution in [3.63, 3.8) is 0 Å². The number of aromatic nitrogens is 1. The van der Waals surface area contributed by atoms with E-state index in [2.05, 4.69) is 15.6 Å². The molecule has 7 nitrogen and oxygen atoms in total. The fraction of sp³-hybridized carbons (Fsp3) is 0.211. The van der Waals surface area contributed by atoms with Gasteiger partial charge in [0.25, 0.3) is 0 Å². The molecule has 0 aliphatic rings. The van der Waals surface area contributed by atoms with Crippen LogP contribution < -0.4 is 10.6 Å². The van der Waals surface area contributed by atoms with E-state index >= 15 is 0 Å². The number of furan rings is 1. The summed E-state index contributed by atoms with van der Waals surface area (Å²) < 4.78 is 5.38. The maximum Gasteiger partial charge on any atom is 0.321 e. The molecule has 0 saturated carbocycles. The van der Waals surface area contributed by atoms with E-state index in [-0.39, 0.29) is 12.5 Å². The largest absolute Gasteiger partial charge is 0.468 e. The summed E-state index contributed by atoms with van der Waals surface area (Å²) >= 11 is 1.55. The van der Waals surface area contributed by atoms with Gasteiger partial charge >= 0.3 is 6.03 Å². The van der Waals surface area contributed by atoms with Crippen LogP contribution in [0.1, 0.15) is 16.2 Å². The quantitative estimate of drug-likeness (QED) is 0.624. The highest BCUT2D eigenvalue weighted by atomic mass is 32.1. The minimum absolute atomic E-state index is 0.0576. The van der Waals surface area contributed by atoms with Crippen molar-refractivity contribution in [3.05, 3.63) is 76.6 Å². The number of carbonyl (C=O) groups is 2. The Morgan fingerprint density at radius 3 is 2.78 bits per heavy atom. The molecule has 0 aliphatic carbocycles. The first kappa shape index (κ1) is 18.8. The number of thiophene rings is 1. The predicted molar refractivity (Wildman–Crippen MR) is 102 cm³/mol. The summed E-state index contributed by atoms with van der Waals surface area (Å²) in [5.41, 5.74) is 0.971. The number of pyridine rings is 1. The number of urea groups is 1. The zero-order chi connectivity index (χ0) is 18.9. The van der Waals surface area contributed by atoms with Gasteiger partial charge in [-0.1, -0.05) is 12.1 Å². The molecule has 3 aromatic heterocycles. The first-order chi connectivity index (χ1) is 13.2. The number of carbonyl (C=O) groups excluding carboxylic acids is 2. The minimum Gasteiger partial charge on any atom is -0.468 e. The van der Waals surface area contributed by atoms with Crippen molar-refractivity contribution in [2.75, 3.05) is 6.54 Å². The van der Waals surface area contributed by atoms with E-state index in [4.69, 9.17) is 4.42 Å². The van der Waals surface area contributed by atoms with Gasteiger partial charge in [-0.25, -0.2) is 4.79 Å². The zero-order valence-electron chi connectivity index (χ0n) is 14.6. The molecule has 2 N–H and O–H groups in total. The Kier molecular flexibility index (Phi) is 6.72. The molecule has 0 unspecified atom stereocenters. The molecule has 3 aromatic rings. The van der Waals surface area contributed by atoms with Crippen LogP contribution in [0.4, 0.5) is 4.79 Å². The van der Waals surface area contributed by atoms with Gasteiger partial charge in [-0.3, -0.25) is 20.0 Å². The minimum atomic E-state index is -0.507. The fourth-order valence-electron chi connectivity index (χ4n) is 2.53. The standard InChI is InChI=1S/C19H20N4O3S/c24-18(22-19(25)21-11-17-6-3-9-27-17)14-23(13-16-5-2-8-26-16)12-15-4-1-7-20-10-15/h1-10H,11-14H2,(H2,21,22,24,25). The summed E-state index contributed by atoms with van der Waals surface area (Å²) in [6.45, 7) is 1.41.